The van der Waals surface area contributed by atoms with Crippen molar-refractivity contribution in [1.29, 1.82) is 0 Å². The van der Waals surface area contributed by atoms with Crippen LogP contribution in [0.25, 0.3) is 0 Å². The van der Waals surface area contributed by atoms with Crippen molar-refractivity contribution in [1.82, 2.24) is 10.4 Å². The molecule has 1 unspecified atom stereocenters. The van der Waals surface area contributed by atoms with Crippen molar-refractivity contribution in [3.63, 3.8) is 0 Å². The average molecular weight is 261 g/mol. The van der Waals surface area contributed by atoms with E-state index in [0.29, 0.717) is 5.69 Å². The Balaban J connectivity index is 2.18. The molecule has 2 heterocycles. The molecule has 0 bridgehead atoms. The summed E-state index contributed by atoms with van der Waals surface area (Å²) in [5, 5.41) is 19.9. The normalized spacial score (nSPS) is 20.8. The van der Waals surface area contributed by atoms with E-state index in [1.807, 2.05) is 0 Å². The summed E-state index contributed by atoms with van der Waals surface area (Å²) in [5.41, 5.74) is 1.86. The second kappa shape index (κ2) is 4.46. The van der Waals surface area contributed by atoms with E-state index in [1.54, 1.807) is 0 Å². The lowest BCUT2D eigenvalue weighted by molar-refractivity contribution is -0.141. The van der Waals surface area contributed by atoms with Crippen molar-refractivity contribution in [3.05, 3.63) is 35.9 Å². The molecule has 1 aromatic rings. The van der Waals surface area contributed by atoms with E-state index < -0.39 is 18.1 Å². The number of aromatic nitrogens is 1. The van der Waals surface area contributed by atoms with E-state index in [-0.39, 0.29) is 12.3 Å². The van der Waals surface area contributed by atoms with Gasteiger partial charge in [0.2, 0.25) is 0 Å². The van der Waals surface area contributed by atoms with E-state index in [2.05, 4.69) is 10.4 Å². The van der Waals surface area contributed by atoms with Gasteiger partial charge in [0.1, 0.15) is 17.7 Å². The zero-order chi connectivity index (χ0) is 13.3. The lowest BCUT2D eigenvalue weighted by Gasteiger charge is -2.30. The van der Waals surface area contributed by atoms with Crippen molar-refractivity contribution < 1.29 is 23.4 Å². The number of alkyl halides is 3. The van der Waals surface area contributed by atoms with Crippen LogP contribution < -0.4 is 10.4 Å². The molecule has 0 saturated heterocycles. The van der Waals surface area contributed by atoms with Gasteiger partial charge in [-0.25, -0.2) is 10.4 Å². The highest BCUT2D eigenvalue weighted by atomic mass is 19.4. The van der Waals surface area contributed by atoms with Gasteiger partial charge in [-0.1, -0.05) is 0 Å². The van der Waals surface area contributed by atoms with Crippen molar-refractivity contribution in [2.45, 2.75) is 12.4 Å². The van der Waals surface area contributed by atoms with E-state index in [0.717, 1.165) is 12.3 Å². The van der Waals surface area contributed by atoms with Crippen LogP contribution in [0.1, 0.15) is 5.69 Å². The third-order valence-corrected chi connectivity index (χ3v) is 2.31. The Morgan fingerprint density at radius 3 is 2.61 bits per heavy atom. The van der Waals surface area contributed by atoms with Crippen LogP contribution in [0.15, 0.2) is 30.2 Å². The van der Waals surface area contributed by atoms with Gasteiger partial charge in [-0.15, -0.1) is 0 Å². The monoisotopic (exact) mass is 261 g/mol. The smallest absolute Gasteiger partial charge is 0.433 e. The summed E-state index contributed by atoms with van der Waals surface area (Å²) in [6.07, 6.45) is -3.38. The van der Waals surface area contributed by atoms with Crippen LogP contribution in [0, 0.1) is 0 Å². The molecule has 0 fully saturated rings. The van der Waals surface area contributed by atoms with Crippen molar-refractivity contribution in [2.24, 2.45) is 0 Å². The van der Waals surface area contributed by atoms with Crippen molar-refractivity contribution in [2.75, 3.05) is 11.6 Å². The summed E-state index contributed by atoms with van der Waals surface area (Å²) < 4.78 is 36.9. The Bertz CT molecular complexity index is 458. The first-order valence-electron chi connectivity index (χ1n) is 5.01. The lowest BCUT2D eigenvalue weighted by Crippen LogP contribution is -2.48. The minimum atomic E-state index is -4.49. The van der Waals surface area contributed by atoms with Gasteiger partial charge in [-0.3, -0.25) is 5.01 Å². The molecule has 0 saturated carbocycles. The number of pyridine rings is 1. The first-order chi connectivity index (χ1) is 8.36. The van der Waals surface area contributed by atoms with Crippen LogP contribution >= 0.6 is 0 Å². The molecule has 0 amide bonds. The molecular formula is C10H10F3N3O2. The Morgan fingerprint density at radius 1 is 1.39 bits per heavy atom. The molecule has 5 nitrogen and oxygen atoms in total. The maximum absolute atomic E-state index is 12.3. The van der Waals surface area contributed by atoms with Gasteiger partial charge in [-0.2, -0.15) is 13.2 Å². The zero-order valence-corrected chi connectivity index (χ0v) is 9.02. The summed E-state index contributed by atoms with van der Waals surface area (Å²) in [6.45, 7) is 0.0318. The number of hydrogen-bond acceptors (Lipinski definition) is 5. The van der Waals surface area contributed by atoms with Gasteiger partial charge in [-0.05, 0) is 18.2 Å². The van der Waals surface area contributed by atoms with Crippen LogP contribution in [0.5, 0.6) is 0 Å². The van der Waals surface area contributed by atoms with E-state index in [1.165, 1.54) is 17.2 Å². The predicted octanol–water partition coefficient (Wildman–Crippen LogP) is 1.19. The highest BCUT2D eigenvalue weighted by molar-refractivity contribution is 5.45. The zero-order valence-electron chi connectivity index (χ0n) is 9.02. The van der Waals surface area contributed by atoms with Crippen LogP contribution in [0.2, 0.25) is 0 Å². The highest BCUT2D eigenvalue weighted by Crippen LogP contribution is 2.28. The molecule has 8 heteroatoms. The number of anilines is 1. The van der Waals surface area contributed by atoms with Crippen LogP contribution in [0.3, 0.4) is 0 Å². The van der Waals surface area contributed by atoms with Crippen LogP contribution in [-0.2, 0) is 6.18 Å². The lowest BCUT2D eigenvalue weighted by atomic mass is 10.3. The Kier molecular flexibility index (Phi) is 3.14. The van der Waals surface area contributed by atoms with Crippen LogP contribution in [0.4, 0.5) is 18.9 Å². The Morgan fingerprint density at radius 2 is 2.11 bits per heavy atom. The number of aliphatic hydroxyl groups is 2. The maximum Gasteiger partial charge on any atom is 0.433 e. The fourth-order valence-electron chi connectivity index (χ4n) is 1.52. The van der Waals surface area contributed by atoms with Gasteiger partial charge in [0, 0.05) is 0 Å². The minimum Gasteiger partial charge on any atom is -0.511 e. The van der Waals surface area contributed by atoms with Gasteiger partial charge in [0.25, 0.3) is 0 Å². The molecule has 0 aromatic carbocycles. The number of rotatable bonds is 1. The fraction of sp³-hybridized carbons (Fsp3) is 0.300. The van der Waals surface area contributed by atoms with Gasteiger partial charge >= 0.3 is 6.18 Å². The van der Waals surface area contributed by atoms with Gasteiger partial charge in [0.05, 0.1) is 18.4 Å². The third kappa shape index (κ3) is 2.71. The standard InChI is InChI=1S/C10H10F3N3O2/c11-10(12,13)8-2-1-6(4-14-8)16-5-7(17)3-9(18)15-16/h1-4,9,15,17-18H,5H2. The summed E-state index contributed by atoms with van der Waals surface area (Å²) in [6, 6.07) is 2.03. The number of aliphatic hydroxyl groups excluding tert-OH is 2. The summed E-state index contributed by atoms with van der Waals surface area (Å²) in [4.78, 5) is 3.29. The molecule has 18 heavy (non-hydrogen) atoms. The fourth-order valence-corrected chi connectivity index (χ4v) is 1.52. The highest BCUT2D eigenvalue weighted by Gasteiger charge is 2.32. The molecule has 2 rings (SSSR count). The predicted molar refractivity (Wildman–Crippen MR) is 56.4 cm³/mol. The molecule has 1 aliphatic rings. The van der Waals surface area contributed by atoms with E-state index in [4.69, 9.17) is 0 Å². The third-order valence-electron chi connectivity index (χ3n) is 2.31. The number of hydrogen-bond donors (Lipinski definition) is 3. The molecule has 1 aliphatic heterocycles. The second-order valence-corrected chi connectivity index (χ2v) is 3.72. The first-order valence-corrected chi connectivity index (χ1v) is 5.01. The number of hydrazine groups is 1. The summed E-state index contributed by atoms with van der Waals surface area (Å²) >= 11 is 0. The molecule has 0 spiro atoms. The number of halogens is 3. The Hall–Kier alpha value is -1.80. The molecule has 1 aromatic heterocycles. The number of nitrogens with zero attached hydrogens (tertiary/aromatic N) is 2. The molecule has 98 valence electrons. The van der Waals surface area contributed by atoms with Gasteiger partial charge in [0.15, 0.2) is 0 Å². The van der Waals surface area contributed by atoms with Crippen LogP contribution in [-0.4, -0.2) is 28.0 Å². The largest absolute Gasteiger partial charge is 0.511 e. The topological polar surface area (TPSA) is 68.6 Å². The van der Waals surface area contributed by atoms with Gasteiger partial charge < -0.3 is 10.2 Å². The maximum atomic E-state index is 12.3. The molecule has 0 aliphatic carbocycles. The second-order valence-electron chi connectivity index (χ2n) is 3.72. The van der Waals surface area contributed by atoms with E-state index >= 15 is 0 Å². The Labute approximate surface area is 100 Å². The summed E-state index contributed by atoms with van der Waals surface area (Å²) in [7, 11) is 0. The van der Waals surface area contributed by atoms with E-state index in [9.17, 15) is 23.4 Å². The molecular weight excluding hydrogens is 251 g/mol. The minimum absolute atomic E-state index is 0.0318. The molecule has 0 radical (unpaired) electrons. The average Bonchev–Trinajstić information content (AvgIpc) is 2.27. The van der Waals surface area contributed by atoms with Crippen molar-refractivity contribution in [3.8, 4) is 0 Å². The number of nitrogens with one attached hydrogen (secondary N) is 1. The SMILES string of the molecule is OC1=CC(O)NN(c2ccc(C(F)(F)F)nc2)C1. The molecule has 1 atom stereocenters. The van der Waals surface area contributed by atoms with Crippen molar-refractivity contribution >= 4 is 5.69 Å². The molecule has 3 N–H and O–H groups in total. The first kappa shape index (κ1) is 12.7. The summed E-state index contributed by atoms with van der Waals surface area (Å²) in [5.74, 6) is -0.0823. The quantitative estimate of drug-likeness (QED) is 0.708.